The van der Waals surface area contributed by atoms with Gasteiger partial charge >= 0.3 is 5.97 Å². The van der Waals surface area contributed by atoms with Crippen molar-refractivity contribution in [1.82, 2.24) is 0 Å². The Hall–Kier alpha value is -2.29. The SMILES string of the molecule is CCC(C)c1cc(C(C)(C)c2ccccc2)c(O)c(C(=O)O)c1C. The number of carbonyl (C=O) groups is 1. The zero-order valence-corrected chi connectivity index (χ0v) is 15.1. The van der Waals surface area contributed by atoms with Crippen molar-refractivity contribution in [1.29, 1.82) is 0 Å². The van der Waals surface area contributed by atoms with Crippen LogP contribution in [0.4, 0.5) is 0 Å². The van der Waals surface area contributed by atoms with Crippen molar-refractivity contribution in [3.05, 3.63) is 64.2 Å². The summed E-state index contributed by atoms with van der Waals surface area (Å²) in [5.41, 5.74) is 2.87. The monoisotopic (exact) mass is 326 g/mol. The number of carboxylic acid groups (broad SMARTS) is 1. The van der Waals surface area contributed by atoms with E-state index in [1.807, 2.05) is 50.2 Å². The number of hydrogen-bond acceptors (Lipinski definition) is 2. The van der Waals surface area contributed by atoms with Gasteiger partial charge in [0.15, 0.2) is 0 Å². The minimum absolute atomic E-state index is 0.0202. The quantitative estimate of drug-likeness (QED) is 0.790. The first-order valence-electron chi connectivity index (χ1n) is 8.37. The molecule has 0 aliphatic carbocycles. The summed E-state index contributed by atoms with van der Waals surface area (Å²) in [5.74, 6) is -0.977. The molecule has 0 spiro atoms. The molecular weight excluding hydrogens is 300 g/mol. The molecule has 0 amide bonds. The van der Waals surface area contributed by atoms with Gasteiger partial charge in [0.2, 0.25) is 0 Å². The van der Waals surface area contributed by atoms with E-state index in [2.05, 4.69) is 13.8 Å². The summed E-state index contributed by atoms with van der Waals surface area (Å²) in [4.78, 5) is 11.8. The van der Waals surface area contributed by atoms with Gasteiger partial charge in [0.25, 0.3) is 0 Å². The van der Waals surface area contributed by atoms with Crippen LogP contribution in [-0.4, -0.2) is 16.2 Å². The van der Waals surface area contributed by atoms with E-state index in [1.165, 1.54) is 0 Å². The lowest BCUT2D eigenvalue weighted by molar-refractivity contribution is 0.0692. The zero-order valence-electron chi connectivity index (χ0n) is 15.1. The second-order valence-corrected chi connectivity index (χ2v) is 6.97. The third-order valence-corrected chi connectivity index (χ3v) is 5.13. The molecule has 2 rings (SSSR count). The fraction of sp³-hybridized carbons (Fsp3) is 0.381. The molecule has 0 fully saturated rings. The lowest BCUT2D eigenvalue weighted by Crippen LogP contribution is -2.21. The van der Waals surface area contributed by atoms with Crippen LogP contribution >= 0.6 is 0 Å². The predicted octanol–water partition coefficient (Wildman–Crippen LogP) is 5.24. The first-order valence-corrected chi connectivity index (χ1v) is 8.37. The lowest BCUT2D eigenvalue weighted by atomic mass is 9.74. The Morgan fingerprint density at radius 3 is 2.29 bits per heavy atom. The molecule has 1 atom stereocenters. The van der Waals surface area contributed by atoms with Gasteiger partial charge in [-0.2, -0.15) is 0 Å². The largest absolute Gasteiger partial charge is 0.507 e. The van der Waals surface area contributed by atoms with E-state index >= 15 is 0 Å². The van der Waals surface area contributed by atoms with Crippen LogP contribution in [-0.2, 0) is 5.41 Å². The van der Waals surface area contributed by atoms with Crippen LogP contribution in [0.1, 0.15) is 72.6 Å². The summed E-state index contributed by atoms with van der Waals surface area (Å²) in [6.45, 7) is 9.98. The highest BCUT2D eigenvalue weighted by Crippen LogP contribution is 2.42. The predicted molar refractivity (Wildman–Crippen MR) is 97.1 cm³/mol. The average Bonchev–Trinajstić information content (AvgIpc) is 2.54. The molecule has 2 N–H and O–H groups in total. The normalized spacial score (nSPS) is 12.9. The van der Waals surface area contributed by atoms with Gasteiger partial charge in [-0.15, -0.1) is 0 Å². The van der Waals surface area contributed by atoms with Crippen LogP contribution in [0.25, 0.3) is 0 Å². The molecule has 128 valence electrons. The fourth-order valence-corrected chi connectivity index (χ4v) is 3.27. The van der Waals surface area contributed by atoms with Crippen molar-refractivity contribution in [3.63, 3.8) is 0 Å². The Bertz CT molecular complexity index is 745. The number of aromatic carboxylic acids is 1. The van der Waals surface area contributed by atoms with Crippen molar-refractivity contribution >= 4 is 5.97 Å². The standard InChI is InChI=1S/C21H26O3/c1-6-13(2)16-12-17(19(22)18(14(16)3)20(23)24)21(4,5)15-10-8-7-9-11-15/h7-13,22H,6H2,1-5H3,(H,23,24). The Balaban J connectivity index is 2.79. The van der Waals surface area contributed by atoms with Gasteiger partial charge in [-0.1, -0.05) is 64.1 Å². The Kier molecular flexibility index (Phi) is 5.02. The summed E-state index contributed by atoms with van der Waals surface area (Å²) in [7, 11) is 0. The van der Waals surface area contributed by atoms with Gasteiger partial charge < -0.3 is 10.2 Å². The minimum Gasteiger partial charge on any atom is -0.507 e. The van der Waals surface area contributed by atoms with Crippen LogP contribution in [0.15, 0.2) is 36.4 Å². The summed E-state index contributed by atoms with van der Waals surface area (Å²) >= 11 is 0. The van der Waals surface area contributed by atoms with Crippen molar-refractivity contribution < 1.29 is 15.0 Å². The molecule has 0 aliphatic heterocycles. The highest BCUT2D eigenvalue weighted by Gasteiger charge is 2.31. The van der Waals surface area contributed by atoms with Gasteiger partial charge in [0.05, 0.1) is 0 Å². The molecule has 0 aliphatic rings. The number of aromatic hydroxyl groups is 1. The molecule has 3 heteroatoms. The van der Waals surface area contributed by atoms with E-state index < -0.39 is 11.4 Å². The molecule has 3 nitrogen and oxygen atoms in total. The highest BCUT2D eigenvalue weighted by atomic mass is 16.4. The van der Waals surface area contributed by atoms with E-state index in [0.29, 0.717) is 11.1 Å². The van der Waals surface area contributed by atoms with Gasteiger partial charge in [0, 0.05) is 11.0 Å². The lowest BCUT2D eigenvalue weighted by Gasteiger charge is -2.30. The second kappa shape index (κ2) is 6.68. The van der Waals surface area contributed by atoms with Crippen molar-refractivity contribution in [3.8, 4) is 5.75 Å². The number of carboxylic acids is 1. The number of hydrogen-bond donors (Lipinski definition) is 2. The van der Waals surface area contributed by atoms with Gasteiger partial charge in [-0.3, -0.25) is 0 Å². The molecule has 0 radical (unpaired) electrons. The average molecular weight is 326 g/mol. The van der Waals surface area contributed by atoms with Gasteiger partial charge in [-0.05, 0) is 36.0 Å². The summed E-state index contributed by atoms with van der Waals surface area (Å²) in [6.07, 6.45) is 0.913. The maximum absolute atomic E-state index is 11.8. The molecule has 1 unspecified atom stereocenters. The molecule has 24 heavy (non-hydrogen) atoms. The van der Waals surface area contributed by atoms with E-state index in [1.54, 1.807) is 6.92 Å². The van der Waals surface area contributed by atoms with E-state index in [0.717, 1.165) is 17.5 Å². The van der Waals surface area contributed by atoms with Crippen LogP contribution < -0.4 is 0 Å². The van der Waals surface area contributed by atoms with Crippen LogP contribution in [0, 0.1) is 6.92 Å². The van der Waals surface area contributed by atoms with Crippen molar-refractivity contribution in [2.75, 3.05) is 0 Å². The third-order valence-electron chi connectivity index (χ3n) is 5.13. The van der Waals surface area contributed by atoms with E-state index in [4.69, 9.17) is 0 Å². The molecule has 2 aromatic carbocycles. The summed E-state index contributed by atoms with van der Waals surface area (Å²) < 4.78 is 0. The third kappa shape index (κ3) is 3.03. The van der Waals surface area contributed by atoms with Gasteiger partial charge in [0.1, 0.15) is 11.3 Å². The second-order valence-electron chi connectivity index (χ2n) is 6.97. The molecule has 0 aromatic heterocycles. The first-order chi connectivity index (χ1) is 11.2. The van der Waals surface area contributed by atoms with Crippen LogP contribution in [0.2, 0.25) is 0 Å². The Morgan fingerprint density at radius 2 is 1.79 bits per heavy atom. The first kappa shape index (κ1) is 18.1. The number of rotatable bonds is 5. The molecule has 0 bridgehead atoms. The van der Waals surface area contributed by atoms with E-state index in [9.17, 15) is 15.0 Å². The topological polar surface area (TPSA) is 57.5 Å². The minimum atomic E-state index is -1.08. The molecule has 0 saturated heterocycles. The number of benzene rings is 2. The van der Waals surface area contributed by atoms with Crippen LogP contribution in [0.5, 0.6) is 5.75 Å². The summed E-state index contributed by atoms with van der Waals surface area (Å²) in [6, 6.07) is 11.8. The van der Waals surface area contributed by atoms with E-state index in [-0.39, 0.29) is 17.2 Å². The zero-order chi connectivity index (χ0) is 18.1. The maximum atomic E-state index is 11.8. The highest BCUT2D eigenvalue weighted by molar-refractivity contribution is 5.94. The molecular formula is C21H26O3. The summed E-state index contributed by atoms with van der Waals surface area (Å²) in [5, 5.41) is 20.4. The van der Waals surface area contributed by atoms with Gasteiger partial charge in [-0.25, -0.2) is 4.79 Å². The fourth-order valence-electron chi connectivity index (χ4n) is 3.27. The van der Waals surface area contributed by atoms with Crippen molar-refractivity contribution in [2.45, 2.75) is 52.4 Å². The Labute approximate surface area is 144 Å². The molecule has 2 aromatic rings. The Morgan fingerprint density at radius 1 is 1.21 bits per heavy atom. The smallest absolute Gasteiger partial charge is 0.339 e. The van der Waals surface area contributed by atoms with Crippen molar-refractivity contribution in [2.24, 2.45) is 0 Å². The van der Waals surface area contributed by atoms with Crippen LogP contribution in [0.3, 0.4) is 0 Å². The number of phenols is 1. The molecule has 0 saturated carbocycles. The maximum Gasteiger partial charge on any atom is 0.339 e. The molecule has 0 heterocycles.